The lowest BCUT2D eigenvalue weighted by Gasteiger charge is -2.21. The molecule has 0 amide bonds. The predicted octanol–water partition coefficient (Wildman–Crippen LogP) is 2.91. The fraction of sp³-hybridized carbons (Fsp3) is 0.556. The highest BCUT2D eigenvalue weighted by Crippen LogP contribution is 2.39. The van der Waals surface area contributed by atoms with E-state index >= 15 is 0 Å². The molecule has 3 N–H and O–H groups in total. The van der Waals surface area contributed by atoms with Gasteiger partial charge in [-0.25, -0.2) is 0 Å². The maximum absolute atomic E-state index is 5.64. The maximum Gasteiger partial charge on any atom is 0.0683 e. The van der Waals surface area contributed by atoms with Crippen LogP contribution in [0.4, 0.5) is 0 Å². The summed E-state index contributed by atoms with van der Waals surface area (Å²) in [6, 6.07) is 2.39. The molecule has 1 aliphatic rings. The number of nitrogens with one attached hydrogen (secondary N) is 1. The SMILES string of the molecule is NNC(c1sccc1Br)C1CCCS1. The van der Waals surface area contributed by atoms with Crippen LogP contribution in [0.5, 0.6) is 0 Å². The minimum atomic E-state index is 0.303. The Bertz CT molecular complexity index is 297. The normalized spacial score (nSPS) is 24.0. The van der Waals surface area contributed by atoms with E-state index in [4.69, 9.17) is 5.84 Å². The summed E-state index contributed by atoms with van der Waals surface area (Å²) in [6.07, 6.45) is 2.58. The van der Waals surface area contributed by atoms with Crippen molar-refractivity contribution in [1.29, 1.82) is 0 Å². The number of hydrazine groups is 1. The van der Waals surface area contributed by atoms with Crippen molar-refractivity contribution in [2.45, 2.75) is 24.1 Å². The van der Waals surface area contributed by atoms with E-state index in [0.717, 1.165) is 0 Å². The average molecular weight is 293 g/mol. The summed E-state index contributed by atoms with van der Waals surface area (Å²) >= 11 is 7.35. The van der Waals surface area contributed by atoms with Gasteiger partial charge in [0.2, 0.25) is 0 Å². The summed E-state index contributed by atoms with van der Waals surface area (Å²) < 4.78 is 1.18. The Morgan fingerprint density at radius 3 is 3.00 bits per heavy atom. The average Bonchev–Trinajstić information content (AvgIpc) is 2.80. The first-order chi connectivity index (χ1) is 6.83. The third-order valence-electron chi connectivity index (χ3n) is 2.44. The van der Waals surface area contributed by atoms with E-state index in [9.17, 15) is 0 Å². The van der Waals surface area contributed by atoms with Crippen LogP contribution in [0.15, 0.2) is 15.9 Å². The Balaban J connectivity index is 2.16. The number of hydrogen-bond donors (Lipinski definition) is 2. The molecule has 0 spiro atoms. The van der Waals surface area contributed by atoms with Crippen LogP contribution in [0.2, 0.25) is 0 Å². The minimum absolute atomic E-state index is 0.303. The van der Waals surface area contributed by atoms with Crippen molar-refractivity contribution in [2.24, 2.45) is 5.84 Å². The van der Waals surface area contributed by atoms with E-state index in [1.54, 1.807) is 11.3 Å². The van der Waals surface area contributed by atoms with Gasteiger partial charge in [-0.2, -0.15) is 11.8 Å². The Morgan fingerprint density at radius 1 is 1.64 bits per heavy atom. The topological polar surface area (TPSA) is 38.0 Å². The first-order valence-electron chi connectivity index (χ1n) is 4.63. The first kappa shape index (κ1) is 11.0. The summed E-state index contributed by atoms with van der Waals surface area (Å²) in [5.41, 5.74) is 2.95. The zero-order chi connectivity index (χ0) is 9.97. The molecular formula is C9H13BrN2S2. The second kappa shape index (κ2) is 4.99. The molecule has 78 valence electrons. The lowest BCUT2D eigenvalue weighted by molar-refractivity contribution is 0.526. The molecule has 2 nitrogen and oxygen atoms in total. The summed E-state index contributed by atoms with van der Waals surface area (Å²) in [5.74, 6) is 6.90. The van der Waals surface area contributed by atoms with Crippen LogP contribution in [0.25, 0.3) is 0 Å². The minimum Gasteiger partial charge on any atom is -0.271 e. The molecule has 1 saturated heterocycles. The van der Waals surface area contributed by atoms with Gasteiger partial charge in [0, 0.05) is 14.6 Å². The van der Waals surface area contributed by atoms with Crippen molar-refractivity contribution >= 4 is 39.0 Å². The van der Waals surface area contributed by atoms with Gasteiger partial charge in [-0.15, -0.1) is 11.3 Å². The van der Waals surface area contributed by atoms with Gasteiger partial charge in [0.05, 0.1) is 6.04 Å². The molecule has 2 atom stereocenters. The maximum atomic E-state index is 5.64. The van der Waals surface area contributed by atoms with Crippen LogP contribution in [0.3, 0.4) is 0 Å². The molecule has 2 rings (SSSR count). The first-order valence-corrected chi connectivity index (χ1v) is 7.35. The molecule has 0 aromatic carbocycles. The van der Waals surface area contributed by atoms with Gasteiger partial charge in [0.25, 0.3) is 0 Å². The van der Waals surface area contributed by atoms with E-state index in [1.165, 1.54) is 27.9 Å². The predicted molar refractivity (Wildman–Crippen MR) is 67.6 cm³/mol. The zero-order valence-corrected chi connectivity index (χ0v) is 10.9. The Labute approximate surface area is 101 Å². The summed E-state index contributed by atoms with van der Waals surface area (Å²) in [7, 11) is 0. The Morgan fingerprint density at radius 2 is 2.50 bits per heavy atom. The summed E-state index contributed by atoms with van der Waals surface area (Å²) in [4.78, 5) is 1.33. The van der Waals surface area contributed by atoms with Crippen molar-refractivity contribution in [3.8, 4) is 0 Å². The van der Waals surface area contributed by atoms with Gasteiger partial charge in [-0.1, -0.05) is 0 Å². The van der Waals surface area contributed by atoms with E-state index < -0.39 is 0 Å². The molecular weight excluding hydrogens is 280 g/mol. The third-order valence-corrected chi connectivity index (χ3v) is 5.86. The molecule has 0 radical (unpaired) electrons. The number of thiophene rings is 1. The molecule has 1 aliphatic heterocycles. The van der Waals surface area contributed by atoms with E-state index in [0.29, 0.717) is 11.3 Å². The highest BCUT2D eigenvalue weighted by molar-refractivity contribution is 9.10. The number of hydrogen-bond acceptors (Lipinski definition) is 4. The fourth-order valence-corrected chi connectivity index (χ4v) is 4.95. The second-order valence-corrected chi connectivity index (χ2v) is 6.48. The largest absolute Gasteiger partial charge is 0.271 e. The Kier molecular flexibility index (Phi) is 3.90. The second-order valence-electron chi connectivity index (χ2n) is 3.33. The summed E-state index contributed by atoms with van der Waals surface area (Å²) in [6.45, 7) is 0. The van der Waals surface area contributed by atoms with Crippen LogP contribution in [-0.2, 0) is 0 Å². The number of rotatable bonds is 3. The summed E-state index contributed by atoms with van der Waals surface area (Å²) in [5, 5.41) is 2.73. The monoisotopic (exact) mass is 292 g/mol. The smallest absolute Gasteiger partial charge is 0.0683 e. The molecule has 2 unspecified atom stereocenters. The van der Waals surface area contributed by atoms with Gasteiger partial charge in [0.1, 0.15) is 0 Å². The van der Waals surface area contributed by atoms with Gasteiger partial charge >= 0.3 is 0 Å². The Hall–Kier alpha value is 0.450. The van der Waals surface area contributed by atoms with Crippen molar-refractivity contribution in [3.05, 3.63) is 20.8 Å². The van der Waals surface area contributed by atoms with E-state index in [-0.39, 0.29) is 0 Å². The van der Waals surface area contributed by atoms with Gasteiger partial charge in [-0.05, 0) is 46.0 Å². The van der Waals surface area contributed by atoms with Crippen molar-refractivity contribution < 1.29 is 0 Å². The molecule has 0 bridgehead atoms. The van der Waals surface area contributed by atoms with Crippen LogP contribution < -0.4 is 11.3 Å². The number of halogens is 1. The molecule has 0 saturated carbocycles. The van der Waals surface area contributed by atoms with E-state index in [2.05, 4.69) is 32.8 Å². The van der Waals surface area contributed by atoms with Crippen LogP contribution >= 0.6 is 39.0 Å². The zero-order valence-electron chi connectivity index (χ0n) is 7.70. The highest BCUT2D eigenvalue weighted by Gasteiger charge is 2.28. The molecule has 2 heterocycles. The van der Waals surface area contributed by atoms with Crippen molar-refractivity contribution in [1.82, 2.24) is 5.43 Å². The van der Waals surface area contributed by atoms with E-state index in [1.807, 2.05) is 11.8 Å². The number of nitrogens with two attached hydrogens (primary N) is 1. The lowest BCUT2D eigenvalue weighted by atomic mass is 10.1. The third kappa shape index (κ3) is 2.17. The molecule has 1 aromatic heterocycles. The van der Waals surface area contributed by atoms with Crippen LogP contribution in [0.1, 0.15) is 23.8 Å². The molecule has 1 fully saturated rings. The molecule has 5 heteroatoms. The van der Waals surface area contributed by atoms with Gasteiger partial charge < -0.3 is 0 Å². The molecule has 0 aliphatic carbocycles. The van der Waals surface area contributed by atoms with Crippen LogP contribution in [-0.4, -0.2) is 11.0 Å². The highest BCUT2D eigenvalue weighted by atomic mass is 79.9. The van der Waals surface area contributed by atoms with Gasteiger partial charge in [-0.3, -0.25) is 11.3 Å². The van der Waals surface area contributed by atoms with Gasteiger partial charge in [0.15, 0.2) is 0 Å². The molecule has 14 heavy (non-hydrogen) atoms. The quantitative estimate of drug-likeness (QED) is 0.665. The van der Waals surface area contributed by atoms with Crippen molar-refractivity contribution in [2.75, 3.05) is 5.75 Å². The lowest BCUT2D eigenvalue weighted by Crippen LogP contribution is -2.33. The van der Waals surface area contributed by atoms with Crippen molar-refractivity contribution in [3.63, 3.8) is 0 Å². The standard InChI is InChI=1S/C9H13BrN2S2/c10-6-3-5-14-9(6)8(12-11)7-2-1-4-13-7/h3,5,7-8,12H,1-2,4,11H2. The number of thioether (sulfide) groups is 1. The van der Waals surface area contributed by atoms with Crippen LogP contribution in [0, 0.1) is 0 Å². The fourth-order valence-electron chi connectivity index (χ4n) is 1.74. The molecule has 1 aromatic rings.